The van der Waals surface area contributed by atoms with Crippen molar-refractivity contribution in [1.82, 2.24) is 14.9 Å². The number of nitrogens with zero attached hydrogens (tertiary/aromatic N) is 4. The van der Waals surface area contributed by atoms with E-state index in [1.165, 1.54) is 45.2 Å². The van der Waals surface area contributed by atoms with Crippen molar-refractivity contribution in [3.63, 3.8) is 0 Å². The van der Waals surface area contributed by atoms with Crippen molar-refractivity contribution in [3.8, 4) is 5.75 Å². The summed E-state index contributed by atoms with van der Waals surface area (Å²) in [5.41, 5.74) is 3.70. The number of aryl methyl sites for hydroxylation is 2. The van der Waals surface area contributed by atoms with E-state index in [2.05, 4.69) is 15.1 Å². The maximum Gasteiger partial charge on any atom is 0.262 e. The Balaban J connectivity index is 1.20. The Kier molecular flexibility index (Phi) is 7.13. The monoisotopic (exact) mass is 473 g/mol. The largest absolute Gasteiger partial charge is 0.484 e. The van der Waals surface area contributed by atoms with E-state index in [4.69, 9.17) is 14.7 Å². The molecule has 3 heterocycles. The highest BCUT2D eigenvalue weighted by Crippen LogP contribution is 2.26. The normalized spacial score (nSPS) is 17.5. The maximum absolute atomic E-state index is 12.4. The molecule has 2 fully saturated rings. The molecule has 0 aliphatic carbocycles. The van der Waals surface area contributed by atoms with E-state index in [1.54, 1.807) is 0 Å². The molecule has 0 radical (unpaired) electrons. The number of carbonyl (C=O) groups is 1. The fourth-order valence-electron chi connectivity index (χ4n) is 5.18. The Labute approximate surface area is 207 Å². The van der Waals surface area contributed by atoms with Crippen LogP contribution < -0.4 is 15.0 Å². The summed E-state index contributed by atoms with van der Waals surface area (Å²) in [6, 6.07) is 14.2. The lowest BCUT2D eigenvalue weighted by molar-refractivity contribution is -0.118. The van der Waals surface area contributed by atoms with Crippen molar-refractivity contribution in [2.75, 3.05) is 43.0 Å². The van der Waals surface area contributed by atoms with Gasteiger partial charge in [-0.2, -0.15) is 0 Å². The minimum absolute atomic E-state index is 0.0388. The third kappa shape index (κ3) is 5.73. The van der Waals surface area contributed by atoms with E-state index in [0.717, 1.165) is 46.9 Å². The molecule has 1 amide bonds. The van der Waals surface area contributed by atoms with Crippen LogP contribution in [0.1, 0.15) is 43.4 Å². The van der Waals surface area contributed by atoms with Crippen molar-refractivity contribution >= 4 is 28.4 Å². The first-order chi connectivity index (χ1) is 17.0. The van der Waals surface area contributed by atoms with Crippen LogP contribution in [0.2, 0.25) is 0 Å². The summed E-state index contributed by atoms with van der Waals surface area (Å²) in [6.07, 6.45) is 6.42. The summed E-state index contributed by atoms with van der Waals surface area (Å²) in [5, 5.41) is 3.88. The lowest BCUT2D eigenvalue weighted by Gasteiger charge is -2.40. The zero-order chi connectivity index (χ0) is 24.2. The van der Waals surface area contributed by atoms with Gasteiger partial charge in [0.15, 0.2) is 6.61 Å². The standard InChI is InChI=1S/C28H35N5O2/c1-20-6-9-24(10-7-20)35-19-27(34)30-22-8-11-26-25(18-22)21(2)29-28(31-26)33-16-12-23(13-17-33)32-14-4-3-5-15-32/h6-11,18,23H,3-5,12-17,19H2,1-2H3,(H,30,34). The molecule has 7 heteroatoms. The van der Waals surface area contributed by atoms with Gasteiger partial charge < -0.3 is 19.9 Å². The average molecular weight is 474 g/mol. The summed E-state index contributed by atoms with van der Waals surface area (Å²) >= 11 is 0. The molecule has 7 nitrogen and oxygen atoms in total. The molecule has 0 unspecified atom stereocenters. The van der Waals surface area contributed by atoms with Crippen molar-refractivity contribution in [3.05, 3.63) is 53.7 Å². The van der Waals surface area contributed by atoms with Crippen LogP contribution in [0.3, 0.4) is 0 Å². The number of carbonyl (C=O) groups excluding carboxylic acids is 1. The molecule has 3 aromatic rings. The molecule has 2 saturated heterocycles. The van der Waals surface area contributed by atoms with Crippen molar-refractivity contribution in [2.45, 2.75) is 52.0 Å². The first-order valence-electron chi connectivity index (χ1n) is 12.8. The number of nitrogens with one attached hydrogen (secondary N) is 1. The van der Waals surface area contributed by atoms with Gasteiger partial charge in [0.25, 0.3) is 5.91 Å². The number of hydrogen-bond donors (Lipinski definition) is 1. The zero-order valence-electron chi connectivity index (χ0n) is 20.8. The highest BCUT2D eigenvalue weighted by molar-refractivity contribution is 5.95. The van der Waals surface area contributed by atoms with E-state index >= 15 is 0 Å². The van der Waals surface area contributed by atoms with Gasteiger partial charge in [0.2, 0.25) is 5.95 Å². The van der Waals surface area contributed by atoms with Gasteiger partial charge in [-0.25, -0.2) is 9.97 Å². The summed E-state index contributed by atoms with van der Waals surface area (Å²) < 4.78 is 5.59. The molecule has 2 aliphatic heterocycles. The summed E-state index contributed by atoms with van der Waals surface area (Å²) in [7, 11) is 0. The molecule has 2 aromatic carbocycles. The second-order valence-electron chi connectivity index (χ2n) is 9.81. The lowest BCUT2D eigenvalue weighted by Crippen LogP contribution is -2.47. The third-order valence-corrected chi connectivity index (χ3v) is 7.20. The molecule has 0 bridgehead atoms. The molecular weight excluding hydrogens is 438 g/mol. The topological polar surface area (TPSA) is 70.6 Å². The van der Waals surface area contributed by atoms with E-state index in [-0.39, 0.29) is 12.5 Å². The van der Waals surface area contributed by atoms with Crippen LogP contribution in [-0.2, 0) is 4.79 Å². The molecule has 184 valence electrons. The van der Waals surface area contributed by atoms with Gasteiger partial charge in [-0.15, -0.1) is 0 Å². The number of fused-ring (bicyclic) bond motifs is 1. The van der Waals surface area contributed by atoms with Crippen molar-refractivity contribution in [2.24, 2.45) is 0 Å². The molecule has 1 aromatic heterocycles. The zero-order valence-corrected chi connectivity index (χ0v) is 20.8. The summed E-state index contributed by atoms with van der Waals surface area (Å²) in [5.74, 6) is 1.30. The van der Waals surface area contributed by atoms with Crippen LogP contribution in [-0.4, -0.2) is 59.6 Å². The van der Waals surface area contributed by atoms with Gasteiger partial charge in [-0.1, -0.05) is 24.1 Å². The third-order valence-electron chi connectivity index (χ3n) is 7.20. The van der Waals surface area contributed by atoms with Crippen molar-refractivity contribution in [1.29, 1.82) is 0 Å². The molecule has 2 aliphatic rings. The van der Waals surface area contributed by atoms with Crippen LogP contribution in [0.4, 0.5) is 11.6 Å². The Bertz CT molecular complexity index is 1170. The second-order valence-corrected chi connectivity index (χ2v) is 9.81. The number of hydrogen-bond acceptors (Lipinski definition) is 6. The summed E-state index contributed by atoms with van der Waals surface area (Å²) in [4.78, 5) is 27.1. The molecular formula is C28H35N5O2. The van der Waals surface area contributed by atoms with Gasteiger partial charge in [-0.3, -0.25) is 4.79 Å². The Hall–Kier alpha value is -3.19. The van der Waals surface area contributed by atoms with Gasteiger partial charge in [-0.05, 0) is 83.0 Å². The number of aromatic nitrogens is 2. The number of benzene rings is 2. The Morgan fingerprint density at radius 1 is 0.971 bits per heavy atom. The number of likely N-dealkylation sites (tertiary alicyclic amines) is 1. The lowest BCUT2D eigenvalue weighted by atomic mass is 10.00. The van der Waals surface area contributed by atoms with Gasteiger partial charge >= 0.3 is 0 Å². The van der Waals surface area contributed by atoms with Crippen LogP contribution in [0.5, 0.6) is 5.75 Å². The Morgan fingerprint density at radius 2 is 1.71 bits per heavy atom. The minimum atomic E-state index is -0.198. The van der Waals surface area contributed by atoms with E-state index in [1.807, 2.05) is 56.3 Å². The number of rotatable bonds is 6. The van der Waals surface area contributed by atoms with Crippen LogP contribution in [0.25, 0.3) is 10.9 Å². The van der Waals surface area contributed by atoms with E-state index < -0.39 is 0 Å². The molecule has 0 spiro atoms. The number of anilines is 2. The molecule has 5 rings (SSSR count). The highest BCUT2D eigenvalue weighted by Gasteiger charge is 2.26. The van der Waals surface area contributed by atoms with Gasteiger partial charge in [0, 0.05) is 30.2 Å². The smallest absolute Gasteiger partial charge is 0.262 e. The predicted molar refractivity (Wildman–Crippen MR) is 140 cm³/mol. The van der Waals surface area contributed by atoms with E-state index in [0.29, 0.717) is 11.8 Å². The number of amides is 1. The van der Waals surface area contributed by atoms with Crippen LogP contribution in [0.15, 0.2) is 42.5 Å². The molecule has 1 N–H and O–H groups in total. The summed E-state index contributed by atoms with van der Waals surface area (Å²) in [6.45, 7) is 8.51. The first kappa shape index (κ1) is 23.5. The van der Waals surface area contributed by atoms with Gasteiger partial charge in [0.1, 0.15) is 5.75 Å². The number of ether oxygens (including phenoxy) is 1. The van der Waals surface area contributed by atoms with Crippen molar-refractivity contribution < 1.29 is 9.53 Å². The predicted octanol–water partition coefficient (Wildman–Crippen LogP) is 4.72. The van der Waals surface area contributed by atoms with Crippen LogP contribution in [0, 0.1) is 13.8 Å². The van der Waals surface area contributed by atoms with Crippen LogP contribution >= 0.6 is 0 Å². The highest BCUT2D eigenvalue weighted by atomic mass is 16.5. The quantitative estimate of drug-likeness (QED) is 0.559. The maximum atomic E-state index is 12.4. The molecule has 0 saturated carbocycles. The fourth-order valence-corrected chi connectivity index (χ4v) is 5.18. The van der Waals surface area contributed by atoms with Gasteiger partial charge in [0.05, 0.1) is 11.2 Å². The second kappa shape index (κ2) is 10.6. The molecule has 0 atom stereocenters. The minimum Gasteiger partial charge on any atom is -0.484 e. The SMILES string of the molecule is Cc1ccc(OCC(=O)Nc2ccc3nc(N4CCC(N5CCCCC5)CC4)nc(C)c3c2)cc1. The van der Waals surface area contributed by atoms with E-state index in [9.17, 15) is 4.79 Å². The first-order valence-corrected chi connectivity index (χ1v) is 12.8. The molecule has 35 heavy (non-hydrogen) atoms. The average Bonchev–Trinajstić information content (AvgIpc) is 2.89. The Morgan fingerprint density at radius 3 is 2.46 bits per heavy atom. The number of piperidine rings is 2. The fraction of sp³-hybridized carbons (Fsp3) is 0.464.